The van der Waals surface area contributed by atoms with Gasteiger partial charge in [0, 0.05) is 26.0 Å². The molecule has 4 nitrogen and oxygen atoms in total. The van der Waals surface area contributed by atoms with Gasteiger partial charge in [0.05, 0.1) is 24.6 Å². The number of halogens is 1. The van der Waals surface area contributed by atoms with Crippen LogP contribution in [0.3, 0.4) is 0 Å². The Morgan fingerprint density at radius 1 is 1.39 bits per heavy atom. The summed E-state index contributed by atoms with van der Waals surface area (Å²) in [4.78, 5) is 14.2. The van der Waals surface area contributed by atoms with Crippen LogP contribution in [0.1, 0.15) is 23.2 Å². The SMILES string of the molecule is CN(Cc1cc(Cl)cn1C)C(=O)Cc1ccc2c(c1)CCCO2. The Labute approximate surface area is 141 Å². The number of hydrogen-bond donors (Lipinski definition) is 0. The number of hydrogen-bond acceptors (Lipinski definition) is 2. The summed E-state index contributed by atoms with van der Waals surface area (Å²) in [5.74, 6) is 1.05. The van der Waals surface area contributed by atoms with Crippen LogP contribution in [0.15, 0.2) is 30.5 Å². The summed E-state index contributed by atoms with van der Waals surface area (Å²) in [6.07, 6.45) is 4.31. The Morgan fingerprint density at radius 2 is 2.22 bits per heavy atom. The summed E-state index contributed by atoms with van der Waals surface area (Å²) in [7, 11) is 3.76. The van der Waals surface area contributed by atoms with E-state index in [0.717, 1.165) is 36.5 Å². The fraction of sp³-hybridized carbons (Fsp3) is 0.389. The van der Waals surface area contributed by atoms with Crippen LogP contribution in [-0.4, -0.2) is 29.0 Å². The number of carbonyl (C=O) groups excluding carboxylic acids is 1. The Kier molecular flexibility index (Phi) is 4.62. The van der Waals surface area contributed by atoms with Crippen molar-refractivity contribution in [3.63, 3.8) is 0 Å². The molecule has 1 aliphatic rings. The number of likely N-dealkylation sites (N-methyl/N-ethyl adjacent to an activating group) is 1. The highest BCUT2D eigenvalue weighted by molar-refractivity contribution is 6.30. The molecular formula is C18H21ClN2O2. The monoisotopic (exact) mass is 332 g/mol. The third-order valence-electron chi connectivity index (χ3n) is 4.23. The zero-order chi connectivity index (χ0) is 16.4. The van der Waals surface area contributed by atoms with Gasteiger partial charge < -0.3 is 14.2 Å². The minimum absolute atomic E-state index is 0.0963. The van der Waals surface area contributed by atoms with Gasteiger partial charge >= 0.3 is 0 Å². The maximum atomic E-state index is 12.5. The van der Waals surface area contributed by atoms with Gasteiger partial charge in [-0.2, -0.15) is 0 Å². The van der Waals surface area contributed by atoms with Crippen molar-refractivity contribution >= 4 is 17.5 Å². The van der Waals surface area contributed by atoms with Crippen LogP contribution in [0.5, 0.6) is 5.75 Å². The van der Waals surface area contributed by atoms with Crippen molar-refractivity contribution in [1.82, 2.24) is 9.47 Å². The van der Waals surface area contributed by atoms with Crippen LogP contribution in [0, 0.1) is 0 Å². The summed E-state index contributed by atoms with van der Waals surface area (Å²) in [6, 6.07) is 7.95. The molecule has 0 aliphatic carbocycles. The average molecular weight is 333 g/mol. The summed E-state index contributed by atoms with van der Waals surface area (Å²) < 4.78 is 7.56. The zero-order valence-electron chi connectivity index (χ0n) is 13.5. The van der Waals surface area contributed by atoms with Crippen LogP contribution in [-0.2, 0) is 31.2 Å². The summed E-state index contributed by atoms with van der Waals surface area (Å²) in [5, 5.41) is 0.693. The predicted molar refractivity (Wildman–Crippen MR) is 90.9 cm³/mol. The maximum absolute atomic E-state index is 12.5. The van der Waals surface area contributed by atoms with Gasteiger partial charge in [0.15, 0.2) is 0 Å². The molecule has 0 radical (unpaired) electrons. The lowest BCUT2D eigenvalue weighted by atomic mass is 10.0. The second-order valence-electron chi connectivity index (χ2n) is 6.08. The van der Waals surface area contributed by atoms with E-state index < -0.39 is 0 Å². The lowest BCUT2D eigenvalue weighted by molar-refractivity contribution is -0.129. The largest absolute Gasteiger partial charge is 0.493 e. The van der Waals surface area contributed by atoms with Crippen LogP contribution < -0.4 is 4.74 Å². The van der Waals surface area contributed by atoms with Gasteiger partial charge in [-0.1, -0.05) is 23.7 Å². The Hall–Kier alpha value is -1.94. The second-order valence-corrected chi connectivity index (χ2v) is 6.52. The smallest absolute Gasteiger partial charge is 0.227 e. The van der Waals surface area contributed by atoms with Crippen molar-refractivity contribution in [3.8, 4) is 5.75 Å². The molecule has 0 spiro atoms. The van der Waals surface area contributed by atoms with E-state index in [4.69, 9.17) is 16.3 Å². The van der Waals surface area contributed by atoms with Crippen molar-refractivity contribution in [2.45, 2.75) is 25.8 Å². The van der Waals surface area contributed by atoms with E-state index in [0.29, 0.717) is 18.0 Å². The normalized spacial score (nSPS) is 13.3. The molecule has 3 rings (SSSR count). The van der Waals surface area contributed by atoms with Crippen molar-refractivity contribution in [2.75, 3.05) is 13.7 Å². The van der Waals surface area contributed by atoms with Gasteiger partial charge in [-0.3, -0.25) is 4.79 Å². The summed E-state index contributed by atoms with van der Waals surface area (Å²) in [5.41, 5.74) is 3.26. The van der Waals surface area contributed by atoms with Crippen LogP contribution >= 0.6 is 11.6 Å². The molecule has 5 heteroatoms. The van der Waals surface area contributed by atoms with Gasteiger partial charge in [-0.05, 0) is 36.1 Å². The molecule has 0 unspecified atom stereocenters. The third kappa shape index (κ3) is 3.70. The highest BCUT2D eigenvalue weighted by atomic mass is 35.5. The first-order valence-electron chi connectivity index (χ1n) is 7.82. The van der Waals surface area contributed by atoms with Crippen LogP contribution in [0.2, 0.25) is 5.02 Å². The van der Waals surface area contributed by atoms with E-state index in [1.54, 1.807) is 4.90 Å². The molecule has 1 aliphatic heterocycles. The fourth-order valence-electron chi connectivity index (χ4n) is 2.89. The van der Waals surface area contributed by atoms with E-state index in [1.807, 2.05) is 43.1 Å². The molecule has 2 aromatic rings. The Morgan fingerprint density at radius 3 is 2.96 bits per heavy atom. The lowest BCUT2D eigenvalue weighted by Crippen LogP contribution is -2.28. The highest BCUT2D eigenvalue weighted by Crippen LogP contribution is 2.26. The molecule has 122 valence electrons. The summed E-state index contributed by atoms with van der Waals surface area (Å²) >= 11 is 5.99. The zero-order valence-corrected chi connectivity index (χ0v) is 14.3. The minimum Gasteiger partial charge on any atom is -0.493 e. The molecule has 0 atom stereocenters. The number of nitrogens with zero attached hydrogens (tertiary/aromatic N) is 2. The number of benzene rings is 1. The first kappa shape index (κ1) is 15.9. The fourth-order valence-corrected chi connectivity index (χ4v) is 3.16. The molecule has 0 saturated heterocycles. The van der Waals surface area contributed by atoms with Gasteiger partial charge in [0.2, 0.25) is 5.91 Å². The van der Waals surface area contributed by atoms with E-state index in [2.05, 4.69) is 6.07 Å². The van der Waals surface area contributed by atoms with Gasteiger partial charge in [0.25, 0.3) is 0 Å². The molecule has 2 heterocycles. The Balaban J connectivity index is 1.65. The quantitative estimate of drug-likeness (QED) is 0.861. The molecule has 0 N–H and O–H groups in total. The van der Waals surface area contributed by atoms with Gasteiger partial charge in [-0.25, -0.2) is 0 Å². The number of carbonyl (C=O) groups is 1. The van der Waals surface area contributed by atoms with Crippen LogP contribution in [0.4, 0.5) is 0 Å². The van der Waals surface area contributed by atoms with Crippen molar-refractivity contribution in [3.05, 3.63) is 52.3 Å². The topological polar surface area (TPSA) is 34.5 Å². The molecule has 0 bridgehead atoms. The highest BCUT2D eigenvalue weighted by Gasteiger charge is 2.15. The predicted octanol–water partition coefficient (Wildman–Crippen LogP) is 3.20. The number of aryl methyl sites for hydroxylation is 2. The van der Waals surface area contributed by atoms with E-state index in [1.165, 1.54) is 5.56 Å². The number of amides is 1. The Bertz CT molecular complexity index is 724. The number of aromatic nitrogens is 1. The number of fused-ring (bicyclic) bond motifs is 1. The van der Waals surface area contributed by atoms with Gasteiger partial charge in [-0.15, -0.1) is 0 Å². The third-order valence-corrected chi connectivity index (χ3v) is 4.43. The lowest BCUT2D eigenvalue weighted by Gasteiger charge is -2.20. The first-order valence-corrected chi connectivity index (χ1v) is 8.20. The molecule has 0 fully saturated rings. The molecule has 1 aromatic carbocycles. The van der Waals surface area contributed by atoms with E-state index >= 15 is 0 Å². The summed E-state index contributed by atoms with van der Waals surface area (Å²) in [6.45, 7) is 1.34. The standard InChI is InChI=1S/C18H21ClN2O2/c1-20-11-15(19)10-16(20)12-21(2)18(22)9-13-5-6-17-14(8-13)4-3-7-23-17/h5-6,8,10-11H,3-4,7,9,12H2,1-2H3. The molecular weight excluding hydrogens is 312 g/mol. The maximum Gasteiger partial charge on any atom is 0.227 e. The van der Waals surface area contributed by atoms with Gasteiger partial charge in [0.1, 0.15) is 5.75 Å². The van der Waals surface area contributed by atoms with E-state index in [-0.39, 0.29) is 5.91 Å². The first-order chi connectivity index (χ1) is 11.0. The van der Waals surface area contributed by atoms with E-state index in [9.17, 15) is 4.79 Å². The second kappa shape index (κ2) is 6.67. The van der Waals surface area contributed by atoms with Crippen LogP contribution in [0.25, 0.3) is 0 Å². The van der Waals surface area contributed by atoms with Crippen molar-refractivity contribution in [2.24, 2.45) is 7.05 Å². The van der Waals surface area contributed by atoms with Crippen molar-refractivity contribution < 1.29 is 9.53 Å². The molecule has 1 aromatic heterocycles. The molecule has 1 amide bonds. The molecule has 23 heavy (non-hydrogen) atoms. The van der Waals surface area contributed by atoms with Crippen molar-refractivity contribution in [1.29, 1.82) is 0 Å². The average Bonchev–Trinajstić information content (AvgIpc) is 2.84. The number of rotatable bonds is 4. The number of ether oxygens (including phenoxy) is 1. The minimum atomic E-state index is 0.0963. The molecule has 0 saturated carbocycles.